The van der Waals surface area contributed by atoms with Crippen molar-refractivity contribution in [2.45, 2.75) is 19.1 Å². The molecule has 0 aliphatic carbocycles. The van der Waals surface area contributed by atoms with E-state index in [2.05, 4.69) is 29.6 Å². The van der Waals surface area contributed by atoms with Gasteiger partial charge < -0.3 is 4.90 Å². The maximum Gasteiger partial charge on any atom is 0.0933 e. The van der Waals surface area contributed by atoms with Gasteiger partial charge in [0.15, 0.2) is 0 Å². The van der Waals surface area contributed by atoms with Crippen LogP contribution in [0.4, 0.5) is 0 Å². The highest BCUT2D eigenvalue weighted by Crippen LogP contribution is 2.06. The molecule has 1 fully saturated rings. The van der Waals surface area contributed by atoms with E-state index in [0.717, 1.165) is 13.1 Å². The van der Waals surface area contributed by atoms with Crippen molar-refractivity contribution < 1.29 is 4.84 Å². The van der Waals surface area contributed by atoms with Gasteiger partial charge in [0.2, 0.25) is 0 Å². The second-order valence-electron chi connectivity index (χ2n) is 4.14. The molecular weight excluding hydrogens is 188 g/mol. The lowest BCUT2D eigenvalue weighted by atomic mass is 10.2. The number of nitrogens with one attached hydrogen (secondary N) is 1. The lowest BCUT2D eigenvalue weighted by Gasteiger charge is -2.12. The van der Waals surface area contributed by atoms with Crippen LogP contribution in [0.5, 0.6) is 0 Å². The summed E-state index contributed by atoms with van der Waals surface area (Å²) in [5, 5.41) is 0. The van der Waals surface area contributed by atoms with Crippen LogP contribution in [0.25, 0.3) is 0 Å². The molecule has 1 saturated heterocycles. The normalized spacial score (nSPS) is 22.1. The number of hydroxylamine groups is 1. The molecule has 3 heteroatoms. The van der Waals surface area contributed by atoms with E-state index in [-0.39, 0.29) is 0 Å². The van der Waals surface area contributed by atoms with Gasteiger partial charge >= 0.3 is 0 Å². The van der Waals surface area contributed by atoms with Crippen molar-refractivity contribution in [3.8, 4) is 0 Å². The smallest absolute Gasteiger partial charge is 0.0933 e. The van der Waals surface area contributed by atoms with Gasteiger partial charge in [-0.05, 0) is 25.6 Å². The molecule has 0 bridgehead atoms. The van der Waals surface area contributed by atoms with Crippen LogP contribution in [0.3, 0.4) is 0 Å². The van der Waals surface area contributed by atoms with Crippen molar-refractivity contribution >= 4 is 0 Å². The molecule has 0 spiro atoms. The van der Waals surface area contributed by atoms with E-state index in [1.165, 1.54) is 12.0 Å². The molecular formula is C12H18N2O. The molecule has 1 heterocycles. The number of likely N-dealkylation sites (tertiary alicyclic amines) is 1. The lowest BCUT2D eigenvalue weighted by Crippen LogP contribution is -2.31. The quantitative estimate of drug-likeness (QED) is 0.754. The molecule has 2 rings (SSSR count). The lowest BCUT2D eigenvalue weighted by molar-refractivity contribution is 0.00616. The Morgan fingerprint density at radius 2 is 2.20 bits per heavy atom. The highest BCUT2D eigenvalue weighted by atomic mass is 16.6. The zero-order valence-electron chi connectivity index (χ0n) is 9.15. The van der Waals surface area contributed by atoms with Gasteiger partial charge in [-0.25, -0.2) is 0 Å². The molecule has 1 aromatic carbocycles. The van der Waals surface area contributed by atoms with Gasteiger partial charge in [-0.3, -0.25) is 4.84 Å². The van der Waals surface area contributed by atoms with Crippen molar-refractivity contribution in [1.82, 2.24) is 10.4 Å². The second-order valence-corrected chi connectivity index (χ2v) is 4.14. The fourth-order valence-corrected chi connectivity index (χ4v) is 1.85. The van der Waals surface area contributed by atoms with Gasteiger partial charge in [0.1, 0.15) is 0 Å². The number of nitrogens with zero attached hydrogens (tertiary/aromatic N) is 1. The third kappa shape index (κ3) is 3.30. The Bertz CT molecular complexity index is 289. The average Bonchev–Trinajstić information content (AvgIpc) is 2.66. The first-order valence-electron chi connectivity index (χ1n) is 5.44. The summed E-state index contributed by atoms with van der Waals surface area (Å²) < 4.78 is 0. The third-order valence-corrected chi connectivity index (χ3v) is 2.72. The molecule has 0 saturated carbocycles. The first-order chi connectivity index (χ1) is 7.34. The summed E-state index contributed by atoms with van der Waals surface area (Å²) in [6.45, 7) is 2.88. The van der Waals surface area contributed by atoms with E-state index in [4.69, 9.17) is 4.84 Å². The van der Waals surface area contributed by atoms with E-state index in [1.54, 1.807) is 0 Å². The predicted octanol–water partition coefficient (Wildman–Crippen LogP) is 1.41. The van der Waals surface area contributed by atoms with Crippen LogP contribution < -0.4 is 5.48 Å². The van der Waals surface area contributed by atoms with Gasteiger partial charge in [0.05, 0.1) is 6.61 Å². The number of hydrogen-bond donors (Lipinski definition) is 1. The minimum Gasteiger partial charge on any atom is -0.305 e. The minimum absolute atomic E-state index is 0.485. The number of likely N-dealkylation sites (N-methyl/N-ethyl adjacent to an activating group) is 1. The van der Waals surface area contributed by atoms with E-state index in [0.29, 0.717) is 12.6 Å². The monoisotopic (exact) mass is 206 g/mol. The predicted molar refractivity (Wildman–Crippen MR) is 60.3 cm³/mol. The summed E-state index contributed by atoms with van der Waals surface area (Å²) in [5.41, 5.74) is 4.32. The van der Waals surface area contributed by atoms with Gasteiger partial charge in [-0.2, -0.15) is 5.48 Å². The van der Waals surface area contributed by atoms with E-state index in [1.807, 2.05) is 18.2 Å². The molecule has 1 aliphatic heterocycles. The Hall–Kier alpha value is -0.900. The molecule has 1 atom stereocenters. The number of benzene rings is 1. The summed E-state index contributed by atoms with van der Waals surface area (Å²) >= 11 is 0. The average molecular weight is 206 g/mol. The van der Waals surface area contributed by atoms with Gasteiger partial charge in [0, 0.05) is 12.6 Å². The Labute approximate surface area is 91.0 Å². The van der Waals surface area contributed by atoms with Crippen LogP contribution in [-0.2, 0) is 11.4 Å². The summed E-state index contributed by atoms with van der Waals surface area (Å²) in [6, 6.07) is 10.7. The zero-order valence-corrected chi connectivity index (χ0v) is 9.15. The van der Waals surface area contributed by atoms with Crippen LogP contribution >= 0.6 is 0 Å². The molecule has 1 aromatic rings. The molecule has 0 radical (unpaired) electrons. The van der Waals surface area contributed by atoms with Crippen molar-refractivity contribution in [1.29, 1.82) is 0 Å². The molecule has 0 amide bonds. The zero-order chi connectivity index (χ0) is 10.5. The van der Waals surface area contributed by atoms with Crippen molar-refractivity contribution in [2.24, 2.45) is 0 Å². The second kappa shape index (κ2) is 5.26. The maximum atomic E-state index is 5.48. The molecule has 15 heavy (non-hydrogen) atoms. The van der Waals surface area contributed by atoms with Crippen molar-refractivity contribution in [2.75, 3.05) is 20.1 Å². The Morgan fingerprint density at radius 3 is 2.87 bits per heavy atom. The standard InChI is InChI=1S/C12H18N2O/c1-14-8-7-12(9-14)13-15-10-11-5-3-2-4-6-11/h2-6,12-13H,7-10H2,1H3. The molecule has 0 aromatic heterocycles. The van der Waals surface area contributed by atoms with E-state index in [9.17, 15) is 0 Å². The van der Waals surface area contributed by atoms with Crippen LogP contribution in [0.1, 0.15) is 12.0 Å². The minimum atomic E-state index is 0.485. The number of rotatable bonds is 4. The molecule has 1 aliphatic rings. The van der Waals surface area contributed by atoms with Crippen LogP contribution in [0.2, 0.25) is 0 Å². The van der Waals surface area contributed by atoms with Crippen LogP contribution in [-0.4, -0.2) is 31.1 Å². The molecule has 1 N–H and O–H groups in total. The highest BCUT2D eigenvalue weighted by molar-refractivity contribution is 5.13. The molecule has 82 valence electrons. The summed E-state index contributed by atoms with van der Waals surface area (Å²) in [6.07, 6.45) is 1.17. The Kier molecular flexibility index (Phi) is 3.72. The Balaban J connectivity index is 1.67. The fourth-order valence-electron chi connectivity index (χ4n) is 1.85. The van der Waals surface area contributed by atoms with Crippen molar-refractivity contribution in [3.05, 3.63) is 35.9 Å². The SMILES string of the molecule is CN1CCC(NOCc2ccccc2)C1. The topological polar surface area (TPSA) is 24.5 Å². The van der Waals surface area contributed by atoms with Crippen LogP contribution in [0.15, 0.2) is 30.3 Å². The molecule has 1 unspecified atom stereocenters. The van der Waals surface area contributed by atoms with Gasteiger partial charge in [-0.1, -0.05) is 30.3 Å². The summed E-state index contributed by atoms with van der Waals surface area (Å²) in [5.74, 6) is 0. The maximum absolute atomic E-state index is 5.48. The molecule has 3 nitrogen and oxygen atoms in total. The summed E-state index contributed by atoms with van der Waals surface area (Å²) in [7, 11) is 2.14. The van der Waals surface area contributed by atoms with E-state index < -0.39 is 0 Å². The van der Waals surface area contributed by atoms with Gasteiger partial charge in [0.25, 0.3) is 0 Å². The summed E-state index contributed by atoms with van der Waals surface area (Å²) in [4.78, 5) is 7.78. The largest absolute Gasteiger partial charge is 0.305 e. The van der Waals surface area contributed by atoms with Crippen molar-refractivity contribution in [3.63, 3.8) is 0 Å². The highest BCUT2D eigenvalue weighted by Gasteiger charge is 2.18. The fraction of sp³-hybridized carbons (Fsp3) is 0.500. The van der Waals surface area contributed by atoms with E-state index >= 15 is 0 Å². The number of hydrogen-bond acceptors (Lipinski definition) is 3. The Morgan fingerprint density at radius 1 is 1.40 bits per heavy atom. The van der Waals surface area contributed by atoms with Crippen LogP contribution in [0, 0.1) is 0 Å². The van der Waals surface area contributed by atoms with Gasteiger partial charge in [-0.15, -0.1) is 0 Å². The first kappa shape index (κ1) is 10.6. The first-order valence-corrected chi connectivity index (χ1v) is 5.44. The third-order valence-electron chi connectivity index (χ3n) is 2.72.